The van der Waals surface area contributed by atoms with Gasteiger partial charge in [-0.25, -0.2) is 0 Å². The first-order valence-corrected chi connectivity index (χ1v) is 5.41. The Kier molecular flexibility index (Phi) is 2.97. The van der Waals surface area contributed by atoms with E-state index in [2.05, 4.69) is 15.9 Å². The third-order valence-corrected chi connectivity index (χ3v) is 2.90. The first-order valence-electron chi connectivity index (χ1n) is 4.61. The lowest BCUT2D eigenvalue weighted by Crippen LogP contribution is -1.84. The second kappa shape index (κ2) is 4.41. The predicted octanol–water partition coefficient (Wildman–Crippen LogP) is 3.93. The molecule has 0 bridgehead atoms. The van der Waals surface area contributed by atoms with E-state index in [9.17, 15) is 4.79 Å². The maximum Gasteiger partial charge on any atom is 0.150 e. The molecule has 1 nitrogen and oxygen atoms in total. The molecule has 15 heavy (non-hydrogen) atoms. The summed E-state index contributed by atoms with van der Waals surface area (Å²) in [6.07, 6.45) is 0.860. The molecule has 0 heterocycles. The zero-order valence-corrected chi connectivity index (χ0v) is 9.57. The Morgan fingerprint density at radius 2 is 1.73 bits per heavy atom. The molecule has 0 atom stereocenters. The van der Waals surface area contributed by atoms with Crippen molar-refractivity contribution in [3.63, 3.8) is 0 Å². The van der Waals surface area contributed by atoms with Gasteiger partial charge in [0.25, 0.3) is 0 Å². The lowest BCUT2D eigenvalue weighted by molar-refractivity contribution is 0.112. The van der Waals surface area contributed by atoms with E-state index in [1.54, 1.807) is 6.07 Å². The van der Waals surface area contributed by atoms with Gasteiger partial charge in [0.15, 0.2) is 0 Å². The summed E-state index contributed by atoms with van der Waals surface area (Å²) in [6.45, 7) is 0. The van der Waals surface area contributed by atoms with Gasteiger partial charge in [0.05, 0.1) is 0 Å². The topological polar surface area (TPSA) is 17.1 Å². The Labute approximate surface area is 96.9 Å². The van der Waals surface area contributed by atoms with Gasteiger partial charge in [-0.05, 0) is 23.3 Å². The molecule has 2 heteroatoms. The van der Waals surface area contributed by atoms with Crippen LogP contribution in [0, 0.1) is 0 Å². The lowest BCUT2D eigenvalue weighted by Gasteiger charge is -2.04. The average molecular weight is 261 g/mol. The fourth-order valence-electron chi connectivity index (χ4n) is 1.46. The van der Waals surface area contributed by atoms with E-state index in [1.807, 2.05) is 42.5 Å². The zero-order chi connectivity index (χ0) is 10.7. The number of carbonyl (C=O) groups is 1. The fourth-order valence-corrected chi connectivity index (χ4v) is 1.93. The monoisotopic (exact) mass is 260 g/mol. The SMILES string of the molecule is O=Cc1ccc(Br)c(-c2ccccc2)c1. The summed E-state index contributed by atoms with van der Waals surface area (Å²) in [5.74, 6) is 0. The van der Waals surface area contributed by atoms with E-state index in [1.165, 1.54) is 0 Å². The molecule has 0 spiro atoms. The van der Waals surface area contributed by atoms with Crippen LogP contribution in [0.5, 0.6) is 0 Å². The molecule has 0 fully saturated rings. The number of rotatable bonds is 2. The molecule has 74 valence electrons. The van der Waals surface area contributed by atoms with E-state index < -0.39 is 0 Å². The van der Waals surface area contributed by atoms with Crippen molar-refractivity contribution in [2.45, 2.75) is 0 Å². The summed E-state index contributed by atoms with van der Waals surface area (Å²) in [4.78, 5) is 10.7. The van der Waals surface area contributed by atoms with Crippen LogP contribution in [0.4, 0.5) is 0 Å². The van der Waals surface area contributed by atoms with E-state index in [4.69, 9.17) is 0 Å². The highest BCUT2D eigenvalue weighted by atomic mass is 79.9. The number of halogens is 1. The Morgan fingerprint density at radius 3 is 2.40 bits per heavy atom. The Morgan fingerprint density at radius 1 is 1.00 bits per heavy atom. The number of hydrogen-bond donors (Lipinski definition) is 0. The van der Waals surface area contributed by atoms with Crippen LogP contribution in [0.25, 0.3) is 11.1 Å². The highest BCUT2D eigenvalue weighted by Crippen LogP contribution is 2.28. The van der Waals surface area contributed by atoms with Crippen LogP contribution in [-0.2, 0) is 0 Å². The highest BCUT2D eigenvalue weighted by Gasteiger charge is 2.03. The summed E-state index contributed by atoms with van der Waals surface area (Å²) >= 11 is 3.48. The fraction of sp³-hybridized carbons (Fsp3) is 0. The molecular weight excluding hydrogens is 252 g/mol. The van der Waals surface area contributed by atoms with Crippen LogP contribution in [0.15, 0.2) is 53.0 Å². The molecule has 0 aliphatic rings. The minimum Gasteiger partial charge on any atom is -0.298 e. The molecular formula is C13H9BrO. The van der Waals surface area contributed by atoms with Gasteiger partial charge in [-0.1, -0.05) is 52.3 Å². The minimum atomic E-state index is 0.692. The standard InChI is InChI=1S/C13H9BrO/c14-13-7-6-10(9-15)8-12(13)11-4-2-1-3-5-11/h1-9H. The minimum absolute atomic E-state index is 0.692. The zero-order valence-electron chi connectivity index (χ0n) is 7.98. The van der Waals surface area contributed by atoms with Gasteiger partial charge in [0, 0.05) is 10.0 Å². The van der Waals surface area contributed by atoms with E-state index in [0.717, 1.165) is 21.9 Å². The Balaban J connectivity index is 2.57. The van der Waals surface area contributed by atoms with Crippen LogP contribution in [0.2, 0.25) is 0 Å². The van der Waals surface area contributed by atoms with Crippen molar-refractivity contribution in [1.82, 2.24) is 0 Å². The molecule has 2 aromatic carbocycles. The highest BCUT2D eigenvalue weighted by molar-refractivity contribution is 9.10. The van der Waals surface area contributed by atoms with Crippen LogP contribution in [0.3, 0.4) is 0 Å². The summed E-state index contributed by atoms with van der Waals surface area (Å²) in [5.41, 5.74) is 2.84. The van der Waals surface area contributed by atoms with Gasteiger partial charge in [-0.3, -0.25) is 4.79 Å². The predicted molar refractivity (Wildman–Crippen MR) is 65.0 cm³/mol. The maximum atomic E-state index is 10.7. The van der Waals surface area contributed by atoms with Crippen molar-refractivity contribution < 1.29 is 4.79 Å². The molecule has 0 unspecified atom stereocenters. The van der Waals surface area contributed by atoms with Crippen molar-refractivity contribution in [3.8, 4) is 11.1 Å². The van der Waals surface area contributed by atoms with Crippen molar-refractivity contribution in [2.24, 2.45) is 0 Å². The first-order chi connectivity index (χ1) is 7.31. The van der Waals surface area contributed by atoms with Gasteiger partial charge >= 0.3 is 0 Å². The van der Waals surface area contributed by atoms with Crippen LogP contribution < -0.4 is 0 Å². The van der Waals surface area contributed by atoms with Crippen molar-refractivity contribution in [2.75, 3.05) is 0 Å². The van der Waals surface area contributed by atoms with Gasteiger partial charge in [0.2, 0.25) is 0 Å². The second-order valence-corrected chi connectivity index (χ2v) is 4.08. The van der Waals surface area contributed by atoms with Gasteiger partial charge in [0.1, 0.15) is 6.29 Å². The number of hydrogen-bond acceptors (Lipinski definition) is 1. The molecule has 0 radical (unpaired) electrons. The summed E-state index contributed by atoms with van der Waals surface area (Å²) < 4.78 is 0.999. The molecule has 0 aliphatic heterocycles. The summed E-state index contributed by atoms with van der Waals surface area (Å²) in [6, 6.07) is 15.6. The van der Waals surface area contributed by atoms with Gasteiger partial charge in [-0.2, -0.15) is 0 Å². The van der Waals surface area contributed by atoms with Gasteiger partial charge in [-0.15, -0.1) is 0 Å². The quantitative estimate of drug-likeness (QED) is 0.748. The van der Waals surface area contributed by atoms with Crippen LogP contribution in [-0.4, -0.2) is 6.29 Å². The van der Waals surface area contributed by atoms with E-state index >= 15 is 0 Å². The Bertz CT molecular complexity index is 477. The molecule has 0 N–H and O–H groups in total. The maximum absolute atomic E-state index is 10.7. The molecule has 2 aromatic rings. The van der Waals surface area contributed by atoms with E-state index in [-0.39, 0.29) is 0 Å². The van der Waals surface area contributed by atoms with E-state index in [0.29, 0.717) is 5.56 Å². The molecule has 0 aliphatic carbocycles. The first kappa shape index (κ1) is 10.1. The molecule has 0 saturated carbocycles. The summed E-state index contributed by atoms with van der Waals surface area (Å²) in [5, 5.41) is 0. The molecule has 2 rings (SSSR count). The van der Waals surface area contributed by atoms with Crippen molar-refractivity contribution in [3.05, 3.63) is 58.6 Å². The number of benzene rings is 2. The molecule has 0 aromatic heterocycles. The molecule has 0 amide bonds. The third kappa shape index (κ3) is 2.16. The van der Waals surface area contributed by atoms with Gasteiger partial charge < -0.3 is 0 Å². The Hall–Kier alpha value is -1.41. The van der Waals surface area contributed by atoms with Crippen LogP contribution >= 0.6 is 15.9 Å². The second-order valence-electron chi connectivity index (χ2n) is 3.22. The van der Waals surface area contributed by atoms with Crippen molar-refractivity contribution >= 4 is 22.2 Å². The number of aldehydes is 1. The van der Waals surface area contributed by atoms with Crippen molar-refractivity contribution in [1.29, 1.82) is 0 Å². The smallest absolute Gasteiger partial charge is 0.150 e. The average Bonchev–Trinajstić information content (AvgIpc) is 2.31. The molecule has 0 saturated heterocycles. The summed E-state index contributed by atoms with van der Waals surface area (Å²) in [7, 11) is 0. The number of carbonyl (C=O) groups excluding carboxylic acids is 1. The van der Waals surface area contributed by atoms with Crippen LogP contribution in [0.1, 0.15) is 10.4 Å². The third-order valence-electron chi connectivity index (χ3n) is 2.21. The lowest BCUT2D eigenvalue weighted by atomic mass is 10.0. The normalized spacial score (nSPS) is 9.93. The largest absolute Gasteiger partial charge is 0.298 e.